The molecule has 0 atom stereocenters. The molecular weight excluding hydrogens is 900 g/mol. The number of nitrogens with zero attached hydrogens (tertiary/aromatic N) is 7. The van der Waals surface area contributed by atoms with Crippen molar-refractivity contribution in [2.75, 3.05) is 26.2 Å². The Morgan fingerprint density at radius 2 is 0.900 bits per heavy atom. The molecule has 3 aliphatic rings. The van der Waals surface area contributed by atoms with Crippen LogP contribution in [-0.4, -0.2) is 80.2 Å². The van der Waals surface area contributed by atoms with Gasteiger partial charge < -0.3 is 25.0 Å². The summed E-state index contributed by atoms with van der Waals surface area (Å²) in [5, 5.41) is 21.4. The van der Waals surface area contributed by atoms with Crippen LogP contribution in [0.2, 0.25) is 0 Å². The number of pyridine rings is 3. The molecule has 1 aliphatic carbocycles. The number of hydrogen-bond donors (Lipinski definition) is 1. The number of amides is 3. The number of hydrogen-bond acceptors (Lipinski definition) is 10. The van der Waals surface area contributed by atoms with Gasteiger partial charge in [0.25, 0.3) is 0 Å². The summed E-state index contributed by atoms with van der Waals surface area (Å²) in [6.45, 7) is 13.9. The Kier molecular flexibility index (Phi) is 17.4. The van der Waals surface area contributed by atoms with Crippen molar-refractivity contribution in [3.63, 3.8) is 0 Å². The summed E-state index contributed by atoms with van der Waals surface area (Å²) < 4.78 is 10.9. The molecule has 14 heteroatoms. The van der Waals surface area contributed by atoms with Crippen molar-refractivity contribution >= 4 is 63.2 Å². The Labute approximate surface area is 417 Å². The number of fused-ring (bicyclic) bond motifs is 3. The van der Waals surface area contributed by atoms with Crippen LogP contribution in [0.5, 0.6) is 0 Å². The van der Waals surface area contributed by atoms with Crippen LogP contribution in [0.15, 0.2) is 91.4 Å². The molecule has 9 rings (SSSR count). The van der Waals surface area contributed by atoms with Gasteiger partial charge in [0.2, 0.25) is 5.91 Å². The second-order valence-electron chi connectivity index (χ2n) is 20.3. The van der Waals surface area contributed by atoms with E-state index in [1.165, 1.54) is 48.6 Å². The first-order valence-electron chi connectivity index (χ1n) is 24.2. The molecule has 0 unspecified atom stereocenters. The van der Waals surface area contributed by atoms with E-state index in [1.54, 1.807) is 28.1 Å². The third-order valence-electron chi connectivity index (χ3n) is 13.1. The van der Waals surface area contributed by atoms with Crippen molar-refractivity contribution in [1.82, 2.24) is 24.8 Å². The smallest absolute Gasteiger partial charge is 0.410 e. The maximum Gasteiger partial charge on any atom is 0.410 e. The fraction of sp³-hybridized carbons (Fsp3) is 0.429. The van der Waals surface area contributed by atoms with Crippen LogP contribution < -0.4 is 5.73 Å². The lowest BCUT2D eigenvalue weighted by molar-refractivity contribution is 0.0194. The Morgan fingerprint density at radius 3 is 1.26 bits per heavy atom. The number of benzene rings is 3. The minimum absolute atomic E-state index is 0. The summed E-state index contributed by atoms with van der Waals surface area (Å²) in [6, 6.07) is 27.3. The van der Waals surface area contributed by atoms with Gasteiger partial charge >= 0.3 is 12.2 Å². The molecule has 3 amide bonds. The van der Waals surface area contributed by atoms with Gasteiger partial charge in [0.05, 0.1) is 39.8 Å². The van der Waals surface area contributed by atoms with E-state index >= 15 is 0 Å². The monoisotopic (exact) mass is 964 g/mol. The van der Waals surface area contributed by atoms with E-state index in [9.17, 15) is 14.4 Å². The van der Waals surface area contributed by atoms with E-state index in [2.05, 4.69) is 33.2 Å². The molecule has 70 heavy (non-hydrogen) atoms. The van der Waals surface area contributed by atoms with Crippen LogP contribution >= 0.6 is 12.4 Å². The number of nitrogens with two attached hydrogens (primary N) is 1. The molecule has 0 bridgehead atoms. The molecule has 2 aliphatic heterocycles. The molecular formula is C56H65ClN8O5. The third-order valence-corrected chi connectivity index (χ3v) is 13.1. The number of ether oxygens (including phenoxy) is 2. The Balaban J connectivity index is 0.000000174. The first-order valence-corrected chi connectivity index (χ1v) is 24.2. The molecule has 1 saturated carbocycles. The first-order chi connectivity index (χ1) is 33.0. The van der Waals surface area contributed by atoms with E-state index < -0.39 is 17.1 Å². The molecule has 2 saturated heterocycles. The van der Waals surface area contributed by atoms with Crippen LogP contribution in [0, 0.1) is 22.7 Å². The lowest BCUT2D eigenvalue weighted by Gasteiger charge is -2.34. The number of piperidine rings is 2. The van der Waals surface area contributed by atoms with Gasteiger partial charge in [-0.05, 0) is 187 Å². The Hall–Kier alpha value is -6.83. The molecule has 2 N–H and O–H groups in total. The number of nitriles is 2. The van der Waals surface area contributed by atoms with E-state index in [1.807, 2.05) is 109 Å². The normalized spacial score (nSPS) is 15.8. The lowest BCUT2D eigenvalue weighted by atomic mass is 9.83. The van der Waals surface area contributed by atoms with Gasteiger partial charge in [0.15, 0.2) is 0 Å². The Bertz CT molecular complexity index is 2890. The zero-order valence-electron chi connectivity index (χ0n) is 41.2. The molecule has 3 aromatic heterocycles. The van der Waals surface area contributed by atoms with E-state index in [-0.39, 0.29) is 24.6 Å². The average Bonchev–Trinajstić information content (AvgIpc) is 3.35. The van der Waals surface area contributed by atoms with Crippen molar-refractivity contribution in [2.45, 2.75) is 128 Å². The molecule has 6 aromatic rings. The number of carbonyl (C=O) groups is 3. The summed E-state index contributed by atoms with van der Waals surface area (Å²) >= 11 is 0. The second-order valence-corrected chi connectivity index (χ2v) is 20.3. The predicted octanol–water partition coefficient (Wildman–Crippen LogP) is 12.2. The van der Waals surface area contributed by atoms with Crippen LogP contribution in [0.25, 0.3) is 32.7 Å². The maximum absolute atomic E-state index is 12.2. The largest absolute Gasteiger partial charge is 0.444 e. The number of likely N-dealkylation sites (tertiary alicyclic amines) is 2. The fourth-order valence-corrected chi connectivity index (χ4v) is 9.68. The van der Waals surface area contributed by atoms with Gasteiger partial charge in [-0.3, -0.25) is 19.7 Å². The SMILES string of the molecule is CC(C)(C)OC(=O)N1CCC(c2ccnc3ccc(C#N)cc23)CC1.CC(C)(C)OC(=O)N1CCC(c2ccnc3ccc(C(N)=O)cc23)CC1.Cl.N#Cc1ccc2nccc(C3CCCCC3)c2c1. The number of primary amides is 1. The molecule has 3 aromatic carbocycles. The first kappa shape index (κ1) is 52.5. The molecule has 3 fully saturated rings. The fourth-order valence-electron chi connectivity index (χ4n) is 9.68. The average molecular weight is 966 g/mol. The van der Waals surface area contributed by atoms with Crippen molar-refractivity contribution in [3.8, 4) is 12.1 Å². The van der Waals surface area contributed by atoms with Gasteiger partial charge in [-0.2, -0.15) is 10.5 Å². The summed E-state index contributed by atoms with van der Waals surface area (Å²) in [6.07, 6.45) is 15.0. The zero-order valence-corrected chi connectivity index (χ0v) is 42.1. The number of rotatable bonds is 4. The van der Waals surface area contributed by atoms with Gasteiger partial charge in [0.1, 0.15) is 11.2 Å². The molecule has 0 radical (unpaired) electrons. The summed E-state index contributed by atoms with van der Waals surface area (Å²) in [7, 11) is 0. The topological polar surface area (TPSA) is 188 Å². The summed E-state index contributed by atoms with van der Waals surface area (Å²) in [4.78, 5) is 52.7. The van der Waals surface area contributed by atoms with Gasteiger partial charge in [-0.15, -0.1) is 12.4 Å². The second kappa shape index (κ2) is 23.2. The van der Waals surface area contributed by atoms with E-state index in [0.29, 0.717) is 55.1 Å². The highest BCUT2D eigenvalue weighted by molar-refractivity contribution is 5.97. The highest BCUT2D eigenvalue weighted by Gasteiger charge is 2.30. The maximum atomic E-state index is 12.2. The summed E-state index contributed by atoms with van der Waals surface area (Å²) in [5.41, 5.74) is 12.8. The minimum atomic E-state index is -0.486. The van der Waals surface area contributed by atoms with E-state index in [4.69, 9.17) is 25.7 Å². The highest BCUT2D eigenvalue weighted by Crippen LogP contribution is 2.37. The Morgan fingerprint density at radius 1 is 0.543 bits per heavy atom. The van der Waals surface area contributed by atoms with Crippen molar-refractivity contribution in [1.29, 1.82) is 10.5 Å². The molecule has 0 spiro atoms. The highest BCUT2D eigenvalue weighted by atomic mass is 35.5. The van der Waals surface area contributed by atoms with Gasteiger partial charge in [-0.1, -0.05) is 19.3 Å². The number of carbonyl (C=O) groups excluding carboxylic acids is 3. The zero-order chi connectivity index (χ0) is 49.3. The third kappa shape index (κ3) is 13.5. The van der Waals surface area contributed by atoms with Crippen molar-refractivity contribution < 1.29 is 23.9 Å². The molecule has 366 valence electrons. The quantitative estimate of drug-likeness (QED) is 0.178. The molecule has 13 nitrogen and oxygen atoms in total. The van der Waals surface area contributed by atoms with Crippen LogP contribution in [0.4, 0.5) is 9.59 Å². The van der Waals surface area contributed by atoms with Crippen LogP contribution in [0.3, 0.4) is 0 Å². The number of halogens is 1. The van der Waals surface area contributed by atoms with Gasteiger partial charge in [-0.25, -0.2) is 9.59 Å². The van der Waals surface area contributed by atoms with Crippen LogP contribution in [-0.2, 0) is 9.47 Å². The van der Waals surface area contributed by atoms with Crippen molar-refractivity contribution in [2.24, 2.45) is 5.73 Å². The standard InChI is InChI=1S/C20H25N3O3.C20H23N3O2.C16H16N2.ClH/c1-20(2,3)26-19(25)23-10-7-13(8-11-23)15-6-9-22-17-5-4-14(18(21)24)12-16(15)17;1-20(2,3)25-19(24)23-10-7-15(8-11-23)16-6-9-22-18-5-4-14(13-21)12-17(16)18;17-11-12-6-7-16-15(10-12)14(8-9-18-16)13-4-2-1-3-5-13;/h4-6,9,12-13H,7-8,10-11H2,1-3H3,(H2,21,24);4-6,9,12,15H,7-8,10-11H2,1-3H3;6-10,13H,1-5H2;1H. The van der Waals surface area contributed by atoms with Crippen LogP contribution in [0.1, 0.15) is 155 Å². The number of aromatic nitrogens is 3. The van der Waals surface area contributed by atoms with Crippen molar-refractivity contribution in [3.05, 3.63) is 125 Å². The predicted molar refractivity (Wildman–Crippen MR) is 276 cm³/mol. The van der Waals surface area contributed by atoms with E-state index in [0.717, 1.165) is 64.1 Å². The minimum Gasteiger partial charge on any atom is -0.444 e. The van der Waals surface area contributed by atoms with Gasteiger partial charge in [0, 0.05) is 66.5 Å². The lowest BCUT2D eigenvalue weighted by Crippen LogP contribution is -2.41. The molecule has 5 heterocycles. The summed E-state index contributed by atoms with van der Waals surface area (Å²) in [5.74, 6) is 0.875.